The molecule has 2 N–H and O–H groups in total. The molecule has 1 nitrogen and oxygen atoms in total. The fourth-order valence-electron chi connectivity index (χ4n) is 1.31. The molecule has 0 amide bonds. The van der Waals surface area contributed by atoms with Crippen LogP contribution in [-0.4, -0.2) is 0 Å². The van der Waals surface area contributed by atoms with E-state index in [0.29, 0.717) is 5.92 Å². The van der Waals surface area contributed by atoms with Crippen LogP contribution in [-0.2, 0) is 0 Å². The maximum Gasteiger partial charge on any atom is 0.0453 e. The minimum absolute atomic E-state index is 0.0544. The van der Waals surface area contributed by atoms with Crippen molar-refractivity contribution >= 4 is 11.6 Å². The van der Waals surface area contributed by atoms with Crippen LogP contribution in [0.3, 0.4) is 0 Å². The summed E-state index contributed by atoms with van der Waals surface area (Å²) in [6.45, 7) is 4.29. The van der Waals surface area contributed by atoms with Crippen LogP contribution in [0, 0.1) is 5.92 Å². The second kappa shape index (κ2) is 4.64. The van der Waals surface area contributed by atoms with Gasteiger partial charge in [0, 0.05) is 11.1 Å². The summed E-state index contributed by atoms with van der Waals surface area (Å²) in [7, 11) is 0. The van der Waals surface area contributed by atoms with Gasteiger partial charge in [-0.3, -0.25) is 0 Å². The molecule has 1 unspecified atom stereocenters. The Hall–Kier alpha value is -0.530. The molecule has 2 heteroatoms. The average Bonchev–Trinajstić information content (AvgIpc) is 2.16. The Morgan fingerprint density at radius 3 is 2.54 bits per heavy atom. The lowest BCUT2D eigenvalue weighted by Crippen LogP contribution is -2.18. The van der Waals surface area contributed by atoms with Gasteiger partial charge in [0.1, 0.15) is 0 Å². The molecule has 1 rings (SSSR count). The Morgan fingerprint density at radius 1 is 1.38 bits per heavy atom. The first-order chi connectivity index (χ1) is 6.16. The van der Waals surface area contributed by atoms with Gasteiger partial charge >= 0.3 is 0 Å². The SMILES string of the molecule is CCC(C)[C@H](N)c1ccccc1Cl. The molecule has 0 radical (unpaired) electrons. The van der Waals surface area contributed by atoms with E-state index in [1.54, 1.807) is 0 Å². The van der Waals surface area contributed by atoms with Crippen molar-refractivity contribution in [2.24, 2.45) is 11.7 Å². The van der Waals surface area contributed by atoms with Gasteiger partial charge < -0.3 is 5.73 Å². The predicted molar refractivity (Wildman–Crippen MR) is 57.8 cm³/mol. The topological polar surface area (TPSA) is 26.0 Å². The predicted octanol–water partition coefficient (Wildman–Crippen LogP) is 3.39. The normalized spacial score (nSPS) is 15.4. The van der Waals surface area contributed by atoms with E-state index in [-0.39, 0.29) is 6.04 Å². The highest BCUT2D eigenvalue weighted by Crippen LogP contribution is 2.27. The standard InChI is InChI=1S/C11H16ClN/c1-3-8(2)11(13)9-6-4-5-7-10(9)12/h4-8,11H,3,13H2,1-2H3/t8?,11-/m0/s1. The van der Waals surface area contributed by atoms with E-state index in [1.807, 2.05) is 24.3 Å². The molecule has 0 heterocycles. The summed E-state index contributed by atoms with van der Waals surface area (Å²) in [6, 6.07) is 7.84. The largest absolute Gasteiger partial charge is 0.324 e. The summed E-state index contributed by atoms with van der Waals surface area (Å²) in [4.78, 5) is 0. The van der Waals surface area contributed by atoms with Gasteiger partial charge in [0.05, 0.1) is 0 Å². The fraction of sp³-hybridized carbons (Fsp3) is 0.455. The Morgan fingerprint density at radius 2 is 2.00 bits per heavy atom. The highest BCUT2D eigenvalue weighted by Gasteiger charge is 2.14. The molecule has 0 aliphatic carbocycles. The number of benzene rings is 1. The van der Waals surface area contributed by atoms with Crippen LogP contribution >= 0.6 is 11.6 Å². The molecule has 0 spiro atoms. The maximum absolute atomic E-state index is 6.07. The Kier molecular flexibility index (Phi) is 3.76. The quantitative estimate of drug-likeness (QED) is 0.790. The van der Waals surface area contributed by atoms with Gasteiger partial charge in [0.2, 0.25) is 0 Å². The second-order valence-electron chi connectivity index (χ2n) is 3.43. The summed E-state index contributed by atoms with van der Waals surface area (Å²) in [5.74, 6) is 0.472. The Balaban J connectivity index is 2.88. The monoisotopic (exact) mass is 197 g/mol. The van der Waals surface area contributed by atoms with E-state index in [0.717, 1.165) is 17.0 Å². The zero-order valence-electron chi connectivity index (χ0n) is 8.13. The van der Waals surface area contributed by atoms with Crippen molar-refractivity contribution in [2.45, 2.75) is 26.3 Å². The van der Waals surface area contributed by atoms with Gasteiger partial charge in [-0.2, -0.15) is 0 Å². The van der Waals surface area contributed by atoms with Gasteiger partial charge in [0.15, 0.2) is 0 Å². The van der Waals surface area contributed by atoms with E-state index in [1.165, 1.54) is 0 Å². The van der Waals surface area contributed by atoms with Crippen molar-refractivity contribution in [3.63, 3.8) is 0 Å². The highest BCUT2D eigenvalue weighted by molar-refractivity contribution is 6.31. The van der Waals surface area contributed by atoms with E-state index >= 15 is 0 Å². The van der Waals surface area contributed by atoms with E-state index in [4.69, 9.17) is 17.3 Å². The number of nitrogens with two attached hydrogens (primary N) is 1. The molecule has 13 heavy (non-hydrogen) atoms. The minimum atomic E-state index is 0.0544. The van der Waals surface area contributed by atoms with Crippen LogP contribution in [0.1, 0.15) is 31.9 Å². The average molecular weight is 198 g/mol. The second-order valence-corrected chi connectivity index (χ2v) is 3.84. The molecule has 2 atom stereocenters. The molecule has 0 saturated carbocycles. The Labute approximate surface area is 84.9 Å². The van der Waals surface area contributed by atoms with Crippen LogP contribution < -0.4 is 5.73 Å². The lowest BCUT2D eigenvalue weighted by atomic mass is 9.93. The molecule has 0 saturated heterocycles. The number of rotatable bonds is 3. The van der Waals surface area contributed by atoms with E-state index < -0.39 is 0 Å². The first kappa shape index (κ1) is 10.6. The van der Waals surface area contributed by atoms with E-state index in [9.17, 15) is 0 Å². The zero-order valence-corrected chi connectivity index (χ0v) is 8.88. The van der Waals surface area contributed by atoms with Gasteiger partial charge in [-0.15, -0.1) is 0 Å². The Bertz CT molecular complexity index is 273. The third-order valence-corrected chi connectivity index (χ3v) is 2.87. The first-order valence-electron chi connectivity index (χ1n) is 4.66. The summed E-state index contributed by atoms with van der Waals surface area (Å²) >= 11 is 6.04. The number of hydrogen-bond donors (Lipinski definition) is 1. The molecule has 0 aromatic heterocycles. The lowest BCUT2D eigenvalue weighted by molar-refractivity contribution is 0.457. The number of hydrogen-bond acceptors (Lipinski definition) is 1. The van der Waals surface area contributed by atoms with Gasteiger partial charge in [0.25, 0.3) is 0 Å². The molecular formula is C11H16ClN. The summed E-state index contributed by atoms with van der Waals surface area (Å²) in [6.07, 6.45) is 1.08. The van der Waals surface area contributed by atoms with Crippen LogP contribution in [0.5, 0.6) is 0 Å². The fourth-order valence-corrected chi connectivity index (χ4v) is 1.57. The van der Waals surface area contributed by atoms with Crippen molar-refractivity contribution in [1.29, 1.82) is 0 Å². The zero-order chi connectivity index (χ0) is 9.84. The molecule has 0 bridgehead atoms. The van der Waals surface area contributed by atoms with Gasteiger partial charge in [-0.05, 0) is 17.5 Å². The third kappa shape index (κ3) is 2.45. The minimum Gasteiger partial charge on any atom is -0.324 e. The van der Waals surface area contributed by atoms with Crippen molar-refractivity contribution < 1.29 is 0 Å². The van der Waals surface area contributed by atoms with Crippen LogP contribution in [0.25, 0.3) is 0 Å². The molecule has 1 aromatic rings. The highest BCUT2D eigenvalue weighted by atomic mass is 35.5. The van der Waals surface area contributed by atoms with Crippen molar-refractivity contribution in [3.05, 3.63) is 34.9 Å². The molecular weight excluding hydrogens is 182 g/mol. The van der Waals surface area contributed by atoms with Gasteiger partial charge in [-0.25, -0.2) is 0 Å². The maximum atomic E-state index is 6.07. The van der Waals surface area contributed by atoms with Crippen molar-refractivity contribution in [3.8, 4) is 0 Å². The lowest BCUT2D eigenvalue weighted by Gasteiger charge is -2.19. The third-order valence-electron chi connectivity index (χ3n) is 2.52. The molecule has 0 aliphatic rings. The molecule has 0 aliphatic heterocycles. The van der Waals surface area contributed by atoms with Crippen LogP contribution in [0.2, 0.25) is 5.02 Å². The number of halogens is 1. The smallest absolute Gasteiger partial charge is 0.0453 e. The first-order valence-corrected chi connectivity index (χ1v) is 5.04. The molecule has 1 aromatic carbocycles. The summed E-state index contributed by atoms with van der Waals surface area (Å²) in [5.41, 5.74) is 7.12. The molecule has 72 valence electrons. The summed E-state index contributed by atoms with van der Waals surface area (Å²) < 4.78 is 0. The van der Waals surface area contributed by atoms with Crippen LogP contribution in [0.4, 0.5) is 0 Å². The van der Waals surface area contributed by atoms with Crippen molar-refractivity contribution in [1.82, 2.24) is 0 Å². The van der Waals surface area contributed by atoms with Gasteiger partial charge in [-0.1, -0.05) is 50.1 Å². The van der Waals surface area contributed by atoms with Crippen molar-refractivity contribution in [2.75, 3.05) is 0 Å². The van der Waals surface area contributed by atoms with E-state index in [2.05, 4.69) is 13.8 Å². The van der Waals surface area contributed by atoms with Crippen LogP contribution in [0.15, 0.2) is 24.3 Å². The molecule has 0 fully saturated rings. The summed E-state index contributed by atoms with van der Waals surface area (Å²) in [5, 5.41) is 0.773.